The normalized spacial score (nSPS) is 12.9. The molecule has 0 heterocycles. The van der Waals surface area contributed by atoms with Gasteiger partial charge >= 0.3 is 0 Å². The smallest absolute Gasteiger partial charge is 0.178 e. The van der Waals surface area contributed by atoms with Crippen LogP contribution >= 0.6 is 0 Å². The molecule has 0 atom stereocenters. The van der Waals surface area contributed by atoms with Gasteiger partial charge in [-0.05, 0) is 52.9 Å². The molecular weight excluding hydrogens is 246 g/mol. The summed E-state index contributed by atoms with van der Waals surface area (Å²) in [5.41, 5.74) is 0.0799. The van der Waals surface area contributed by atoms with Gasteiger partial charge < -0.3 is 4.90 Å². The SMILES string of the molecule is CN(CCCS(=O)(=O)c1ccccc1)C(C)(C)C. The average Bonchev–Trinajstić information content (AvgIpc) is 2.28. The summed E-state index contributed by atoms with van der Waals surface area (Å²) in [5, 5.41) is 0. The lowest BCUT2D eigenvalue weighted by Gasteiger charge is -2.31. The van der Waals surface area contributed by atoms with Crippen molar-refractivity contribution in [1.82, 2.24) is 4.90 Å². The van der Waals surface area contributed by atoms with E-state index in [0.717, 1.165) is 6.54 Å². The number of benzene rings is 1. The second-order valence-corrected chi connectivity index (χ2v) is 7.69. The van der Waals surface area contributed by atoms with Crippen molar-refractivity contribution in [1.29, 1.82) is 0 Å². The molecule has 18 heavy (non-hydrogen) atoms. The maximum Gasteiger partial charge on any atom is 0.178 e. The highest BCUT2D eigenvalue weighted by Crippen LogP contribution is 2.14. The first-order valence-electron chi connectivity index (χ1n) is 6.22. The van der Waals surface area contributed by atoms with E-state index in [9.17, 15) is 8.42 Å². The zero-order valence-corrected chi connectivity index (χ0v) is 12.5. The molecule has 0 unspecified atom stereocenters. The maximum atomic E-state index is 12.0. The Kier molecular flexibility index (Phi) is 4.93. The quantitative estimate of drug-likeness (QED) is 0.824. The van der Waals surface area contributed by atoms with E-state index in [1.165, 1.54) is 0 Å². The fourth-order valence-electron chi connectivity index (χ4n) is 1.57. The summed E-state index contributed by atoms with van der Waals surface area (Å²) in [6, 6.07) is 8.65. The third-order valence-corrected chi connectivity index (χ3v) is 4.97. The lowest BCUT2D eigenvalue weighted by molar-refractivity contribution is 0.176. The highest BCUT2D eigenvalue weighted by Gasteiger charge is 2.18. The molecule has 0 spiro atoms. The Bertz CT molecular complexity index is 460. The fraction of sp³-hybridized carbons (Fsp3) is 0.571. The second-order valence-electron chi connectivity index (χ2n) is 5.58. The summed E-state index contributed by atoms with van der Waals surface area (Å²) < 4.78 is 24.1. The highest BCUT2D eigenvalue weighted by molar-refractivity contribution is 7.91. The highest BCUT2D eigenvalue weighted by atomic mass is 32.2. The van der Waals surface area contributed by atoms with E-state index in [-0.39, 0.29) is 11.3 Å². The summed E-state index contributed by atoms with van der Waals surface area (Å²) >= 11 is 0. The van der Waals surface area contributed by atoms with Gasteiger partial charge in [-0.1, -0.05) is 18.2 Å². The van der Waals surface area contributed by atoms with E-state index < -0.39 is 9.84 Å². The molecule has 0 aliphatic carbocycles. The van der Waals surface area contributed by atoms with Crippen LogP contribution in [0.3, 0.4) is 0 Å². The molecule has 0 bridgehead atoms. The molecule has 0 aliphatic heterocycles. The van der Waals surface area contributed by atoms with Crippen molar-refractivity contribution < 1.29 is 8.42 Å². The predicted molar refractivity (Wildman–Crippen MR) is 75.5 cm³/mol. The van der Waals surface area contributed by atoms with Crippen molar-refractivity contribution in [2.75, 3.05) is 19.3 Å². The van der Waals surface area contributed by atoms with Crippen LogP contribution in [-0.2, 0) is 9.84 Å². The predicted octanol–water partition coefficient (Wildman–Crippen LogP) is 2.58. The Morgan fingerprint density at radius 2 is 1.67 bits per heavy atom. The Balaban J connectivity index is 2.54. The summed E-state index contributed by atoms with van der Waals surface area (Å²) in [6.07, 6.45) is 0.658. The summed E-state index contributed by atoms with van der Waals surface area (Å²) in [6.45, 7) is 7.16. The summed E-state index contributed by atoms with van der Waals surface area (Å²) in [4.78, 5) is 2.59. The van der Waals surface area contributed by atoms with Gasteiger partial charge in [0.05, 0.1) is 10.6 Å². The van der Waals surface area contributed by atoms with Crippen molar-refractivity contribution in [2.45, 2.75) is 37.6 Å². The van der Waals surface area contributed by atoms with Crippen LogP contribution in [0.4, 0.5) is 0 Å². The van der Waals surface area contributed by atoms with Crippen molar-refractivity contribution in [3.63, 3.8) is 0 Å². The largest absolute Gasteiger partial charge is 0.301 e. The van der Waals surface area contributed by atoms with Crippen LogP contribution in [0.5, 0.6) is 0 Å². The third-order valence-electron chi connectivity index (χ3n) is 3.15. The van der Waals surface area contributed by atoms with Crippen LogP contribution in [0.25, 0.3) is 0 Å². The van der Waals surface area contributed by atoms with E-state index >= 15 is 0 Å². The molecule has 0 radical (unpaired) electrons. The van der Waals surface area contributed by atoms with Crippen LogP contribution in [0.15, 0.2) is 35.2 Å². The topological polar surface area (TPSA) is 37.4 Å². The van der Waals surface area contributed by atoms with Crippen LogP contribution in [0, 0.1) is 0 Å². The van der Waals surface area contributed by atoms with E-state index in [4.69, 9.17) is 0 Å². The minimum atomic E-state index is -3.13. The maximum absolute atomic E-state index is 12.0. The van der Waals surface area contributed by atoms with Gasteiger partial charge in [0.1, 0.15) is 0 Å². The van der Waals surface area contributed by atoms with Gasteiger partial charge in [-0.15, -0.1) is 0 Å². The average molecular weight is 269 g/mol. The molecule has 4 heteroatoms. The summed E-state index contributed by atoms with van der Waals surface area (Å²) in [5.74, 6) is 0.206. The zero-order valence-electron chi connectivity index (χ0n) is 11.7. The Morgan fingerprint density at radius 3 is 2.17 bits per heavy atom. The minimum absolute atomic E-state index is 0.0799. The molecule has 0 saturated carbocycles. The van der Waals surface area contributed by atoms with Gasteiger partial charge in [0.15, 0.2) is 9.84 Å². The molecule has 0 aromatic heterocycles. The van der Waals surface area contributed by atoms with E-state index in [1.54, 1.807) is 24.3 Å². The van der Waals surface area contributed by atoms with Crippen LogP contribution in [0.1, 0.15) is 27.2 Å². The molecule has 0 aliphatic rings. The van der Waals surface area contributed by atoms with Crippen LogP contribution < -0.4 is 0 Å². The monoisotopic (exact) mass is 269 g/mol. The number of nitrogens with zero attached hydrogens (tertiary/aromatic N) is 1. The van der Waals surface area contributed by atoms with Crippen molar-refractivity contribution in [3.05, 3.63) is 30.3 Å². The molecule has 0 saturated heterocycles. The molecule has 3 nitrogen and oxygen atoms in total. The van der Waals surface area contributed by atoms with Crippen molar-refractivity contribution in [2.24, 2.45) is 0 Å². The van der Waals surface area contributed by atoms with Gasteiger partial charge in [-0.2, -0.15) is 0 Å². The van der Waals surface area contributed by atoms with Gasteiger partial charge in [0.25, 0.3) is 0 Å². The fourth-order valence-corrected chi connectivity index (χ4v) is 2.89. The Morgan fingerprint density at radius 1 is 1.11 bits per heavy atom. The molecule has 1 rings (SSSR count). The first-order valence-corrected chi connectivity index (χ1v) is 7.88. The van der Waals surface area contributed by atoms with E-state index in [1.807, 2.05) is 13.1 Å². The second kappa shape index (κ2) is 5.85. The van der Waals surface area contributed by atoms with Gasteiger partial charge in [0.2, 0.25) is 0 Å². The molecule has 1 aromatic rings. The number of hydrogen-bond donors (Lipinski definition) is 0. The van der Waals surface area contributed by atoms with Gasteiger partial charge in [-0.3, -0.25) is 0 Å². The number of hydrogen-bond acceptors (Lipinski definition) is 3. The molecular formula is C14H23NO2S. The van der Waals surface area contributed by atoms with Crippen molar-refractivity contribution >= 4 is 9.84 Å². The van der Waals surface area contributed by atoms with Gasteiger partial charge in [-0.25, -0.2) is 8.42 Å². The first-order chi connectivity index (χ1) is 8.23. The number of rotatable bonds is 5. The number of sulfone groups is 1. The minimum Gasteiger partial charge on any atom is -0.301 e. The van der Waals surface area contributed by atoms with E-state index in [2.05, 4.69) is 25.7 Å². The third kappa shape index (κ3) is 4.42. The Hall–Kier alpha value is -0.870. The molecule has 0 fully saturated rings. The van der Waals surface area contributed by atoms with Gasteiger partial charge in [0, 0.05) is 5.54 Å². The lowest BCUT2D eigenvalue weighted by Crippen LogP contribution is -2.39. The molecule has 102 valence electrons. The Labute approximate surface area is 111 Å². The lowest BCUT2D eigenvalue weighted by atomic mass is 10.1. The molecule has 0 amide bonds. The molecule has 1 aromatic carbocycles. The molecule has 0 N–H and O–H groups in total. The zero-order chi connectivity index (χ0) is 13.8. The summed E-state index contributed by atoms with van der Waals surface area (Å²) in [7, 11) is -1.11. The van der Waals surface area contributed by atoms with Crippen molar-refractivity contribution in [3.8, 4) is 0 Å². The van der Waals surface area contributed by atoms with Crippen LogP contribution in [-0.4, -0.2) is 38.2 Å². The van der Waals surface area contributed by atoms with Crippen LogP contribution in [0.2, 0.25) is 0 Å². The van der Waals surface area contributed by atoms with E-state index in [0.29, 0.717) is 11.3 Å². The first kappa shape index (κ1) is 15.2. The standard InChI is InChI=1S/C14H23NO2S/c1-14(2,3)15(4)11-8-12-18(16,17)13-9-6-5-7-10-13/h5-7,9-10H,8,11-12H2,1-4H3.